The van der Waals surface area contributed by atoms with Gasteiger partial charge < -0.3 is 13.9 Å². The third-order valence-corrected chi connectivity index (χ3v) is 7.02. The van der Waals surface area contributed by atoms with E-state index in [0.29, 0.717) is 30.2 Å². The SMILES string of the molecule is COc1cccc(OC)c1-c1nnc(NC(=O)c2ccc(S(=O)(=O)N3CCCC3)cc2)o1. The third-order valence-electron chi connectivity index (χ3n) is 5.11. The molecule has 2 aromatic carbocycles. The number of nitrogens with one attached hydrogen (secondary N) is 1. The van der Waals surface area contributed by atoms with Crippen molar-refractivity contribution in [3.05, 3.63) is 48.0 Å². The molecular weight excluding hydrogens is 436 g/mol. The number of amides is 1. The predicted molar refractivity (Wildman–Crippen MR) is 115 cm³/mol. The Bertz CT molecular complexity index is 1200. The molecule has 10 nitrogen and oxygen atoms in total. The number of ether oxygens (including phenoxy) is 2. The molecule has 1 aromatic heterocycles. The van der Waals surface area contributed by atoms with Crippen molar-refractivity contribution in [3.8, 4) is 23.0 Å². The Morgan fingerprint density at radius 1 is 1.00 bits per heavy atom. The maximum Gasteiger partial charge on any atom is 0.322 e. The van der Waals surface area contributed by atoms with E-state index in [1.54, 1.807) is 18.2 Å². The van der Waals surface area contributed by atoms with E-state index in [9.17, 15) is 13.2 Å². The first-order chi connectivity index (χ1) is 15.4. The lowest BCUT2D eigenvalue weighted by molar-refractivity contribution is 0.102. The van der Waals surface area contributed by atoms with Gasteiger partial charge in [0.2, 0.25) is 10.0 Å². The fourth-order valence-corrected chi connectivity index (χ4v) is 4.98. The zero-order chi connectivity index (χ0) is 22.7. The van der Waals surface area contributed by atoms with E-state index in [1.165, 1.54) is 42.8 Å². The van der Waals surface area contributed by atoms with Crippen LogP contribution in [0.4, 0.5) is 6.01 Å². The van der Waals surface area contributed by atoms with Gasteiger partial charge >= 0.3 is 6.01 Å². The lowest BCUT2D eigenvalue weighted by Gasteiger charge is -2.15. The van der Waals surface area contributed by atoms with E-state index < -0.39 is 15.9 Å². The van der Waals surface area contributed by atoms with E-state index in [0.717, 1.165) is 12.8 Å². The van der Waals surface area contributed by atoms with Gasteiger partial charge in [-0.15, -0.1) is 5.10 Å². The molecule has 0 bridgehead atoms. The number of sulfonamides is 1. The number of rotatable bonds is 7. The summed E-state index contributed by atoms with van der Waals surface area (Å²) < 4.78 is 42.9. The van der Waals surface area contributed by atoms with Gasteiger partial charge in [0, 0.05) is 18.7 Å². The van der Waals surface area contributed by atoms with Crippen LogP contribution >= 0.6 is 0 Å². The largest absolute Gasteiger partial charge is 0.496 e. The smallest absolute Gasteiger partial charge is 0.322 e. The van der Waals surface area contributed by atoms with Gasteiger partial charge in [0.15, 0.2) is 0 Å². The van der Waals surface area contributed by atoms with Crippen LogP contribution in [0.5, 0.6) is 11.5 Å². The summed E-state index contributed by atoms with van der Waals surface area (Å²) in [6, 6.07) is 10.8. The van der Waals surface area contributed by atoms with Crippen LogP contribution < -0.4 is 14.8 Å². The predicted octanol–water partition coefficient (Wildman–Crippen LogP) is 2.79. The molecule has 1 N–H and O–H groups in total. The monoisotopic (exact) mass is 458 g/mol. The Morgan fingerprint density at radius 3 is 2.22 bits per heavy atom. The van der Waals surface area contributed by atoms with Gasteiger partial charge in [0.25, 0.3) is 11.8 Å². The number of carbonyl (C=O) groups excluding carboxylic acids is 1. The average Bonchev–Trinajstić information content (AvgIpc) is 3.51. The molecule has 0 unspecified atom stereocenters. The van der Waals surface area contributed by atoms with Crippen molar-refractivity contribution in [2.45, 2.75) is 17.7 Å². The van der Waals surface area contributed by atoms with Crippen LogP contribution in [0.15, 0.2) is 51.8 Å². The lowest BCUT2D eigenvalue weighted by atomic mass is 10.2. The molecule has 0 saturated carbocycles. The highest BCUT2D eigenvalue weighted by atomic mass is 32.2. The fraction of sp³-hybridized carbons (Fsp3) is 0.286. The van der Waals surface area contributed by atoms with Crippen molar-refractivity contribution in [2.75, 3.05) is 32.6 Å². The Morgan fingerprint density at radius 2 is 1.62 bits per heavy atom. The van der Waals surface area contributed by atoms with Crippen LogP contribution in [0.2, 0.25) is 0 Å². The lowest BCUT2D eigenvalue weighted by Crippen LogP contribution is -2.27. The Labute approximate surface area is 185 Å². The second kappa shape index (κ2) is 8.97. The van der Waals surface area contributed by atoms with Gasteiger partial charge in [-0.2, -0.15) is 4.31 Å². The summed E-state index contributed by atoms with van der Waals surface area (Å²) in [6.07, 6.45) is 1.71. The number of carbonyl (C=O) groups is 1. The molecule has 0 spiro atoms. The summed E-state index contributed by atoms with van der Waals surface area (Å²) in [7, 11) is -0.534. The van der Waals surface area contributed by atoms with Crippen molar-refractivity contribution in [1.29, 1.82) is 0 Å². The molecule has 3 aromatic rings. The summed E-state index contributed by atoms with van der Waals surface area (Å²) in [4.78, 5) is 12.7. The summed E-state index contributed by atoms with van der Waals surface area (Å²) >= 11 is 0. The van der Waals surface area contributed by atoms with Crippen molar-refractivity contribution in [1.82, 2.24) is 14.5 Å². The number of hydrogen-bond acceptors (Lipinski definition) is 8. The molecule has 0 atom stereocenters. The topological polar surface area (TPSA) is 124 Å². The average molecular weight is 458 g/mol. The normalized spacial score (nSPS) is 14.3. The molecular formula is C21H22N4O6S. The van der Waals surface area contributed by atoms with Crippen molar-refractivity contribution >= 4 is 21.9 Å². The van der Waals surface area contributed by atoms with E-state index in [4.69, 9.17) is 13.9 Å². The highest BCUT2D eigenvalue weighted by Crippen LogP contribution is 2.37. The second-order valence-corrected chi connectivity index (χ2v) is 8.98. The maximum absolute atomic E-state index is 12.6. The Hall–Kier alpha value is -3.44. The first kappa shape index (κ1) is 21.8. The molecule has 168 valence electrons. The Kier molecular flexibility index (Phi) is 6.10. The van der Waals surface area contributed by atoms with E-state index in [1.807, 2.05) is 0 Å². The van der Waals surface area contributed by atoms with Crippen molar-refractivity contribution in [3.63, 3.8) is 0 Å². The summed E-state index contributed by atoms with van der Waals surface area (Å²) in [6.45, 7) is 1.03. The molecule has 1 saturated heterocycles. The molecule has 1 aliphatic rings. The molecule has 0 aliphatic carbocycles. The van der Waals surface area contributed by atoms with Crippen LogP contribution in [0.25, 0.3) is 11.5 Å². The maximum atomic E-state index is 12.6. The van der Waals surface area contributed by atoms with Gasteiger partial charge in [0.1, 0.15) is 17.1 Å². The Balaban J connectivity index is 1.51. The fourth-order valence-electron chi connectivity index (χ4n) is 3.46. The second-order valence-electron chi connectivity index (χ2n) is 7.04. The molecule has 4 rings (SSSR count). The van der Waals surface area contributed by atoms with Crippen LogP contribution in [0.3, 0.4) is 0 Å². The van der Waals surface area contributed by atoms with E-state index >= 15 is 0 Å². The van der Waals surface area contributed by atoms with Gasteiger partial charge in [0.05, 0.1) is 19.1 Å². The molecule has 0 radical (unpaired) electrons. The van der Waals surface area contributed by atoms with Crippen LogP contribution in [0.1, 0.15) is 23.2 Å². The minimum atomic E-state index is -3.54. The van der Waals surface area contributed by atoms with Crippen LogP contribution in [-0.4, -0.2) is 56.1 Å². The van der Waals surface area contributed by atoms with Gasteiger partial charge in [-0.3, -0.25) is 10.1 Å². The van der Waals surface area contributed by atoms with Crippen molar-refractivity contribution in [2.24, 2.45) is 0 Å². The molecule has 1 fully saturated rings. The number of benzene rings is 2. The third kappa shape index (κ3) is 4.16. The summed E-state index contributed by atoms with van der Waals surface area (Å²) in [5.41, 5.74) is 0.710. The number of aromatic nitrogens is 2. The van der Waals surface area contributed by atoms with E-state index in [2.05, 4.69) is 15.5 Å². The highest BCUT2D eigenvalue weighted by Gasteiger charge is 2.27. The van der Waals surface area contributed by atoms with Gasteiger partial charge in [-0.05, 0) is 49.2 Å². The zero-order valence-electron chi connectivity index (χ0n) is 17.6. The molecule has 1 amide bonds. The number of methoxy groups -OCH3 is 2. The van der Waals surface area contributed by atoms with E-state index in [-0.39, 0.29) is 22.4 Å². The minimum Gasteiger partial charge on any atom is -0.496 e. The number of anilines is 1. The quantitative estimate of drug-likeness (QED) is 0.573. The van der Waals surface area contributed by atoms with Crippen molar-refractivity contribution < 1.29 is 27.1 Å². The molecule has 2 heterocycles. The van der Waals surface area contributed by atoms with Crippen LogP contribution in [0, 0.1) is 0 Å². The molecule has 11 heteroatoms. The first-order valence-corrected chi connectivity index (χ1v) is 11.3. The van der Waals surface area contributed by atoms with Gasteiger partial charge in [-0.25, -0.2) is 8.42 Å². The summed E-state index contributed by atoms with van der Waals surface area (Å²) in [5, 5.41) is 10.3. The first-order valence-electron chi connectivity index (χ1n) is 9.90. The highest BCUT2D eigenvalue weighted by molar-refractivity contribution is 7.89. The summed E-state index contributed by atoms with van der Waals surface area (Å²) in [5.74, 6) is 0.542. The number of nitrogens with zero attached hydrogens (tertiary/aromatic N) is 3. The van der Waals surface area contributed by atoms with Crippen LogP contribution in [-0.2, 0) is 10.0 Å². The number of hydrogen-bond donors (Lipinski definition) is 1. The van der Waals surface area contributed by atoms with Gasteiger partial charge in [-0.1, -0.05) is 11.2 Å². The molecule has 1 aliphatic heterocycles. The zero-order valence-corrected chi connectivity index (χ0v) is 18.4. The minimum absolute atomic E-state index is 0.113. The molecule has 32 heavy (non-hydrogen) atoms. The standard InChI is InChI=1S/C21H22N4O6S/c1-29-16-6-5-7-17(30-2)18(16)20-23-24-21(31-20)22-19(26)14-8-10-15(11-9-14)32(27,28)25-12-3-4-13-25/h5-11H,3-4,12-13H2,1-2H3,(H,22,24,26).